The first kappa shape index (κ1) is 22.4. The fraction of sp³-hybridized carbons (Fsp3) is 0.538. The third-order valence-electron chi connectivity index (χ3n) is 2.41. The molecule has 0 aliphatic rings. The number of halogens is 4. The molecule has 0 fully saturated rings. The SMILES string of the molecule is CCOc1c(Cl)cc(CNCCN(C)C)cc1Cl.Cl.Cl. The van der Waals surface area contributed by atoms with Crippen LogP contribution in [-0.2, 0) is 6.54 Å². The van der Waals surface area contributed by atoms with Crippen LogP contribution in [0.25, 0.3) is 0 Å². The molecule has 0 aromatic heterocycles. The Labute approximate surface area is 143 Å². The normalized spacial score (nSPS) is 9.90. The molecule has 0 spiro atoms. The Balaban J connectivity index is 0. The number of likely N-dealkylation sites (N-methyl/N-ethyl adjacent to an activating group) is 1. The van der Waals surface area contributed by atoms with Gasteiger partial charge >= 0.3 is 0 Å². The molecule has 1 N–H and O–H groups in total. The predicted molar refractivity (Wildman–Crippen MR) is 92.4 cm³/mol. The lowest BCUT2D eigenvalue weighted by molar-refractivity contribution is 0.340. The molecule has 0 saturated carbocycles. The molecule has 0 aliphatic carbocycles. The summed E-state index contributed by atoms with van der Waals surface area (Å²) in [5.74, 6) is 0.567. The van der Waals surface area contributed by atoms with E-state index in [1.165, 1.54) is 0 Å². The maximum atomic E-state index is 6.13. The molecular formula is C13H22Cl4N2O. The molecule has 1 rings (SSSR count). The number of nitrogens with one attached hydrogen (secondary N) is 1. The minimum Gasteiger partial charge on any atom is -0.491 e. The molecule has 3 nitrogen and oxygen atoms in total. The van der Waals surface area contributed by atoms with Crippen molar-refractivity contribution in [3.8, 4) is 5.75 Å². The Morgan fingerprint density at radius 1 is 1.15 bits per heavy atom. The van der Waals surface area contributed by atoms with Crippen LogP contribution < -0.4 is 10.1 Å². The van der Waals surface area contributed by atoms with Gasteiger partial charge in [0.1, 0.15) is 0 Å². The number of hydrogen-bond donors (Lipinski definition) is 1. The lowest BCUT2D eigenvalue weighted by atomic mass is 10.2. The van der Waals surface area contributed by atoms with Crippen LogP contribution in [0.15, 0.2) is 12.1 Å². The zero-order valence-corrected chi connectivity index (χ0v) is 15.1. The summed E-state index contributed by atoms with van der Waals surface area (Å²) in [6.07, 6.45) is 0. The Morgan fingerprint density at radius 3 is 2.15 bits per heavy atom. The monoisotopic (exact) mass is 362 g/mol. The standard InChI is InChI=1S/C13H20Cl2N2O.2ClH/c1-4-18-13-11(14)7-10(8-12(13)15)9-16-5-6-17(2)3;;/h7-8,16H,4-6,9H2,1-3H3;2*1H. The van der Waals surface area contributed by atoms with Crippen molar-refractivity contribution in [3.05, 3.63) is 27.7 Å². The van der Waals surface area contributed by atoms with E-state index in [0.29, 0.717) is 22.4 Å². The summed E-state index contributed by atoms with van der Waals surface area (Å²) in [5, 5.41) is 4.47. The van der Waals surface area contributed by atoms with E-state index in [1.54, 1.807) is 0 Å². The van der Waals surface area contributed by atoms with Gasteiger partial charge < -0.3 is 15.0 Å². The molecule has 1 aromatic rings. The van der Waals surface area contributed by atoms with E-state index < -0.39 is 0 Å². The number of rotatable bonds is 7. The van der Waals surface area contributed by atoms with Crippen LogP contribution >= 0.6 is 48.0 Å². The van der Waals surface area contributed by atoms with Crippen molar-refractivity contribution in [2.45, 2.75) is 13.5 Å². The zero-order valence-electron chi connectivity index (χ0n) is 11.9. The third-order valence-corrected chi connectivity index (χ3v) is 2.97. The van der Waals surface area contributed by atoms with Crippen molar-refractivity contribution in [1.82, 2.24) is 10.2 Å². The lowest BCUT2D eigenvalue weighted by Gasteiger charge is -2.12. The first-order valence-electron chi connectivity index (χ1n) is 6.00. The van der Waals surface area contributed by atoms with Gasteiger partial charge in [0.2, 0.25) is 0 Å². The van der Waals surface area contributed by atoms with Crippen molar-refractivity contribution in [3.63, 3.8) is 0 Å². The third kappa shape index (κ3) is 7.77. The molecule has 7 heteroatoms. The molecule has 0 bridgehead atoms. The largest absolute Gasteiger partial charge is 0.491 e. The second-order valence-corrected chi connectivity index (χ2v) is 5.12. The summed E-state index contributed by atoms with van der Waals surface area (Å²) in [6, 6.07) is 3.78. The second kappa shape index (κ2) is 11.7. The first-order chi connectivity index (χ1) is 8.54. The van der Waals surface area contributed by atoms with E-state index in [9.17, 15) is 0 Å². The van der Waals surface area contributed by atoms with Gasteiger partial charge in [0.25, 0.3) is 0 Å². The first-order valence-corrected chi connectivity index (χ1v) is 6.76. The van der Waals surface area contributed by atoms with Gasteiger partial charge in [-0.1, -0.05) is 23.2 Å². The van der Waals surface area contributed by atoms with Crippen LogP contribution in [0.2, 0.25) is 10.0 Å². The quantitative estimate of drug-likeness (QED) is 0.744. The van der Waals surface area contributed by atoms with E-state index >= 15 is 0 Å². The predicted octanol–water partition coefficient (Wildman–Crippen LogP) is 3.89. The molecule has 0 radical (unpaired) electrons. The molecule has 0 unspecified atom stereocenters. The topological polar surface area (TPSA) is 24.5 Å². The zero-order chi connectivity index (χ0) is 13.5. The van der Waals surface area contributed by atoms with E-state index in [-0.39, 0.29) is 24.8 Å². The Morgan fingerprint density at radius 2 is 1.70 bits per heavy atom. The molecule has 0 aliphatic heterocycles. The molecule has 118 valence electrons. The van der Waals surface area contributed by atoms with Crippen molar-refractivity contribution in [2.24, 2.45) is 0 Å². The van der Waals surface area contributed by atoms with Crippen molar-refractivity contribution < 1.29 is 4.74 Å². The van der Waals surface area contributed by atoms with Gasteiger partial charge in [0, 0.05) is 19.6 Å². The van der Waals surface area contributed by atoms with E-state index in [2.05, 4.69) is 10.2 Å². The fourth-order valence-corrected chi connectivity index (χ4v) is 2.17. The maximum Gasteiger partial charge on any atom is 0.156 e. The average molecular weight is 364 g/mol. The summed E-state index contributed by atoms with van der Waals surface area (Å²) in [7, 11) is 4.10. The fourth-order valence-electron chi connectivity index (χ4n) is 1.53. The molecule has 0 heterocycles. The summed E-state index contributed by atoms with van der Waals surface area (Å²) in [6.45, 7) is 5.14. The van der Waals surface area contributed by atoms with Crippen LogP contribution in [0.1, 0.15) is 12.5 Å². The number of benzene rings is 1. The summed E-state index contributed by atoms with van der Waals surface area (Å²) in [4.78, 5) is 2.13. The van der Waals surface area contributed by atoms with Gasteiger partial charge in [-0.15, -0.1) is 24.8 Å². The van der Waals surface area contributed by atoms with E-state index in [4.69, 9.17) is 27.9 Å². The lowest BCUT2D eigenvalue weighted by Crippen LogP contribution is -2.26. The highest BCUT2D eigenvalue weighted by atomic mass is 35.5. The van der Waals surface area contributed by atoms with Gasteiger partial charge in [-0.3, -0.25) is 0 Å². The van der Waals surface area contributed by atoms with Crippen LogP contribution in [0.3, 0.4) is 0 Å². The highest BCUT2D eigenvalue weighted by molar-refractivity contribution is 6.37. The molecule has 0 amide bonds. The van der Waals surface area contributed by atoms with E-state index in [1.807, 2.05) is 33.2 Å². The van der Waals surface area contributed by atoms with Gasteiger partial charge in [-0.25, -0.2) is 0 Å². The summed E-state index contributed by atoms with van der Waals surface area (Å²) >= 11 is 12.3. The Bertz CT molecular complexity index is 366. The van der Waals surface area contributed by atoms with Gasteiger partial charge in [0.15, 0.2) is 5.75 Å². The van der Waals surface area contributed by atoms with Crippen molar-refractivity contribution >= 4 is 48.0 Å². The summed E-state index contributed by atoms with van der Waals surface area (Å²) in [5.41, 5.74) is 1.06. The van der Waals surface area contributed by atoms with Crippen LogP contribution in [-0.4, -0.2) is 38.7 Å². The van der Waals surface area contributed by atoms with Crippen LogP contribution in [0.5, 0.6) is 5.75 Å². The summed E-state index contributed by atoms with van der Waals surface area (Å²) < 4.78 is 5.39. The minimum absolute atomic E-state index is 0. The van der Waals surface area contributed by atoms with E-state index in [0.717, 1.165) is 25.2 Å². The average Bonchev–Trinajstić information content (AvgIpc) is 2.29. The Hall–Kier alpha value is 0.1000. The minimum atomic E-state index is 0. The highest BCUT2D eigenvalue weighted by Crippen LogP contribution is 2.34. The van der Waals surface area contributed by atoms with Crippen LogP contribution in [0.4, 0.5) is 0 Å². The smallest absolute Gasteiger partial charge is 0.156 e. The number of nitrogens with zero attached hydrogens (tertiary/aromatic N) is 1. The van der Waals surface area contributed by atoms with Crippen LogP contribution in [0, 0.1) is 0 Å². The number of hydrogen-bond acceptors (Lipinski definition) is 3. The maximum absolute atomic E-state index is 6.13. The molecule has 0 saturated heterocycles. The van der Waals surface area contributed by atoms with Crippen molar-refractivity contribution in [1.29, 1.82) is 0 Å². The number of ether oxygens (including phenoxy) is 1. The molecule has 1 aromatic carbocycles. The molecule has 20 heavy (non-hydrogen) atoms. The van der Waals surface area contributed by atoms with Gasteiger partial charge in [-0.2, -0.15) is 0 Å². The highest BCUT2D eigenvalue weighted by Gasteiger charge is 2.08. The van der Waals surface area contributed by atoms with Gasteiger partial charge in [-0.05, 0) is 38.7 Å². The van der Waals surface area contributed by atoms with Crippen molar-refractivity contribution in [2.75, 3.05) is 33.8 Å². The molecule has 0 atom stereocenters. The molecular weight excluding hydrogens is 342 g/mol. The second-order valence-electron chi connectivity index (χ2n) is 4.30. The van der Waals surface area contributed by atoms with Gasteiger partial charge in [0.05, 0.1) is 16.7 Å². The Kier molecular flexibility index (Phi) is 13.1.